The van der Waals surface area contributed by atoms with Crippen molar-refractivity contribution < 1.29 is 17.3 Å². The third-order valence-electron chi connectivity index (χ3n) is 1.27. The van der Waals surface area contributed by atoms with Gasteiger partial charge in [-0.15, -0.1) is 0 Å². The number of diazo groups is 1. The predicted octanol–water partition coefficient (Wildman–Crippen LogP) is 4.43. The normalized spacial score (nSPS) is 9.93. The number of hydrogen-bond acceptors (Lipinski definition) is 1. The van der Waals surface area contributed by atoms with E-state index >= 15 is 0 Å². The van der Waals surface area contributed by atoms with Gasteiger partial charge in [0.15, 0.2) is 4.98 Å². The SMILES string of the molecule is Cc1ccc([N+]#N)cc1Cl.F[B-](F)(F)F. The van der Waals surface area contributed by atoms with E-state index in [1.165, 1.54) is 0 Å². The lowest BCUT2D eigenvalue weighted by Crippen LogP contribution is -2.02. The average Bonchev–Trinajstić information content (AvgIpc) is 2.07. The highest BCUT2D eigenvalue weighted by Crippen LogP contribution is 2.21. The van der Waals surface area contributed by atoms with Crippen LogP contribution in [0.2, 0.25) is 5.02 Å². The lowest BCUT2D eigenvalue weighted by Gasteiger charge is -1.94. The number of nitrogens with zero attached hydrogens (tertiary/aromatic N) is 2. The fourth-order valence-electron chi connectivity index (χ4n) is 0.644. The third kappa shape index (κ3) is 7.76. The van der Waals surface area contributed by atoms with Gasteiger partial charge < -0.3 is 17.3 Å². The second kappa shape index (κ2) is 5.56. The van der Waals surface area contributed by atoms with E-state index in [-0.39, 0.29) is 0 Å². The first kappa shape index (κ1) is 13.7. The first-order valence-electron chi connectivity index (χ1n) is 3.72. The van der Waals surface area contributed by atoms with Gasteiger partial charge in [-0.2, -0.15) is 0 Å². The Kier molecular flexibility index (Phi) is 5.08. The van der Waals surface area contributed by atoms with E-state index in [1.807, 2.05) is 6.92 Å². The van der Waals surface area contributed by atoms with Crippen molar-refractivity contribution in [1.29, 1.82) is 5.39 Å². The highest BCUT2D eigenvalue weighted by Gasteiger charge is 2.20. The van der Waals surface area contributed by atoms with Gasteiger partial charge in [-0.1, -0.05) is 11.6 Å². The molecular formula is C7H6BClF4N2. The van der Waals surface area contributed by atoms with Crippen LogP contribution >= 0.6 is 11.6 Å². The van der Waals surface area contributed by atoms with Crippen LogP contribution in [0.4, 0.5) is 23.0 Å². The zero-order chi connectivity index (χ0) is 12.1. The summed E-state index contributed by atoms with van der Waals surface area (Å²) in [7, 11) is -6.00. The molecular weight excluding hydrogens is 234 g/mol. The van der Waals surface area contributed by atoms with Gasteiger partial charge in [0.2, 0.25) is 5.39 Å². The molecule has 0 aromatic heterocycles. The summed E-state index contributed by atoms with van der Waals surface area (Å²) in [5.74, 6) is 0. The molecule has 0 fully saturated rings. The minimum atomic E-state index is -6.00. The van der Waals surface area contributed by atoms with Crippen LogP contribution < -0.4 is 0 Å². The molecule has 0 aliphatic carbocycles. The zero-order valence-corrected chi connectivity index (χ0v) is 8.35. The molecule has 2 nitrogen and oxygen atoms in total. The maximum atomic E-state index is 9.75. The van der Waals surface area contributed by atoms with E-state index in [0.717, 1.165) is 5.56 Å². The number of hydrogen-bond donors (Lipinski definition) is 0. The Bertz CT molecular complexity index is 368. The molecule has 0 radical (unpaired) electrons. The van der Waals surface area contributed by atoms with Crippen LogP contribution in [0.5, 0.6) is 0 Å². The molecule has 0 spiro atoms. The second-order valence-electron chi connectivity index (χ2n) is 2.53. The Labute approximate surface area is 88.6 Å². The van der Waals surface area contributed by atoms with E-state index in [0.29, 0.717) is 10.7 Å². The summed E-state index contributed by atoms with van der Waals surface area (Å²) in [6.07, 6.45) is 0. The molecule has 0 bridgehead atoms. The quantitative estimate of drug-likeness (QED) is 0.374. The maximum absolute atomic E-state index is 9.75. The Morgan fingerprint density at radius 2 is 1.73 bits per heavy atom. The summed E-state index contributed by atoms with van der Waals surface area (Å²) in [5.41, 5.74) is 1.46. The van der Waals surface area contributed by atoms with Crippen molar-refractivity contribution in [1.82, 2.24) is 0 Å². The largest absolute Gasteiger partial charge is 0.673 e. The van der Waals surface area contributed by atoms with Crippen LogP contribution in [0.3, 0.4) is 0 Å². The van der Waals surface area contributed by atoms with Crippen LogP contribution in [0, 0.1) is 12.3 Å². The summed E-state index contributed by atoms with van der Waals surface area (Å²) < 4.78 is 39.0. The Balaban J connectivity index is 0.000000336. The molecule has 0 amide bonds. The van der Waals surface area contributed by atoms with Crippen molar-refractivity contribution in [2.75, 3.05) is 0 Å². The smallest absolute Gasteiger partial charge is 0.418 e. The summed E-state index contributed by atoms with van der Waals surface area (Å²) in [4.78, 5) is 2.99. The van der Waals surface area contributed by atoms with Gasteiger partial charge in [0.1, 0.15) is 0 Å². The number of benzene rings is 1. The lowest BCUT2D eigenvalue weighted by molar-refractivity contribution is 0.368. The first-order chi connectivity index (χ1) is 6.74. The van der Waals surface area contributed by atoms with E-state index in [2.05, 4.69) is 4.98 Å². The van der Waals surface area contributed by atoms with Crippen molar-refractivity contribution in [3.63, 3.8) is 0 Å². The fraction of sp³-hybridized carbons (Fsp3) is 0.143. The molecule has 0 heterocycles. The third-order valence-corrected chi connectivity index (χ3v) is 1.68. The molecule has 1 aromatic carbocycles. The van der Waals surface area contributed by atoms with E-state index in [9.17, 15) is 17.3 Å². The summed E-state index contributed by atoms with van der Waals surface area (Å²) in [5, 5.41) is 8.94. The van der Waals surface area contributed by atoms with Crippen LogP contribution in [-0.4, -0.2) is 7.25 Å². The molecule has 0 aliphatic rings. The fourth-order valence-corrected chi connectivity index (χ4v) is 0.819. The molecule has 0 atom stereocenters. The molecule has 15 heavy (non-hydrogen) atoms. The van der Waals surface area contributed by atoms with Gasteiger partial charge in [-0.25, -0.2) is 0 Å². The molecule has 82 valence electrons. The highest BCUT2D eigenvalue weighted by atomic mass is 35.5. The molecule has 0 saturated carbocycles. The number of halogens is 5. The van der Waals surface area contributed by atoms with Crippen LogP contribution in [0.25, 0.3) is 4.98 Å². The van der Waals surface area contributed by atoms with Crippen LogP contribution in [0.1, 0.15) is 5.56 Å². The Hall–Kier alpha value is -1.29. The number of rotatable bonds is 0. The standard InChI is InChI=1S/C7H6ClN2.BF4/c1-5-2-3-6(10-9)4-7(5)8;2-1(3,4)5/h2-4H,1H3;/q+1;-1. The predicted molar refractivity (Wildman–Crippen MR) is 51.1 cm³/mol. The molecule has 0 saturated heterocycles. The van der Waals surface area contributed by atoms with Gasteiger partial charge in [0.05, 0.1) is 11.1 Å². The first-order valence-corrected chi connectivity index (χ1v) is 4.10. The van der Waals surface area contributed by atoms with Gasteiger partial charge >= 0.3 is 12.9 Å². The van der Waals surface area contributed by atoms with Crippen molar-refractivity contribution in [2.45, 2.75) is 6.92 Å². The molecule has 0 aliphatic heterocycles. The van der Waals surface area contributed by atoms with Crippen LogP contribution in [-0.2, 0) is 0 Å². The molecule has 0 unspecified atom stereocenters. The maximum Gasteiger partial charge on any atom is 0.673 e. The average molecular weight is 240 g/mol. The molecule has 1 rings (SSSR count). The van der Waals surface area contributed by atoms with Crippen molar-refractivity contribution in [3.05, 3.63) is 33.8 Å². The van der Waals surface area contributed by atoms with Crippen LogP contribution in [0.15, 0.2) is 18.2 Å². The van der Waals surface area contributed by atoms with Gasteiger partial charge in [0.25, 0.3) is 0 Å². The minimum Gasteiger partial charge on any atom is -0.418 e. The van der Waals surface area contributed by atoms with Gasteiger partial charge in [0, 0.05) is 6.07 Å². The van der Waals surface area contributed by atoms with Crippen molar-refractivity contribution in [2.24, 2.45) is 0 Å². The number of aryl methyl sites for hydroxylation is 1. The topological polar surface area (TPSA) is 28.1 Å². The second-order valence-corrected chi connectivity index (χ2v) is 2.94. The van der Waals surface area contributed by atoms with E-state index < -0.39 is 7.25 Å². The Morgan fingerprint density at radius 3 is 2.07 bits per heavy atom. The monoisotopic (exact) mass is 240 g/mol. The van der Waals surface area contributed by atoms with Crippen molar-refractivity contribution in [3.8, 4) is 0 Å². The molecule has 0 N–H and O–H groups in total. The minimum absolute atomic E-state index is 0.482. The zero-order valence-electron chi connectivity index (χ0n) is 7.59. The highest BCUT2D eigenvalue weighted by molar-refractivity contribution is 6.50. The summed E-state index contributed by atoms with van der Waals surface area (Å²) >= 11 is 5.72. The summed E-state index contributed by atoms with van der Waals surface area (Å²) in [6.45, 7) is 1.89. The van der Waals surface area contributed by atoms with Gasteiger partial charge in [-0.05, 0) is 18.6 Å². The molecule has 8 heteroatoms. The van der Waals surface area contributed by atoms with Gasteiger partial charge in [-0.3, -0.25) is 0 Å². The van der Waals surface area contributed by atoms with E-state index in [1.54, 1.807) is 18.2 Å². The summed E-state index contributed by atoms with van der Waals surface area (Å²) in [6, 6.07) is 5.11. The lowest BCUT2D eigenvalue weighted by atomic mass is 10.2. The molecule has 1 aromatic rings. The Morgan fingerprint density at radius 1 is 1.27 bits per heavy atom. The van der Waals surface area contributed by atoms with Crippen molar-refractivity contribution >= 4 is 24.5 Å². The van der Waals surface area contributed by atoms with E-state index in [4.69, 9.17) is 17.0 Å².